The lowest BCUT2D eigenvalue weighted by molar-refractivity contribution is -0.151. The number of hydrogen-bond acceptors (Lipinski definition) is 4. The standard InChI is InChI=1S/C22H22N2O2/c1-20(2)21(3)9-10-22(20,19(25)26-4)18-17(21)23-15-11-13-7-5-6-8-14(13)12-16(15)24-18/h5-8,11-12H,9-10H2,1-4H3/t21-,22+/m1/s1. The number of ether oxygens (including phenoxy) is 1. The lowest BCUT2D eigenvalue weighted by atomic mass is 9.64. The third-order valence-electron chi connectivity index (χ3n) is 7.44. The van der Waals surface area contributed by atoms with Gasteiger partial charge >= 0.3 is 5.97 Å². The first kappa shape index (κ1) is 15.7. The van der Waals surface area contributed by atoms with Crippen LogP contribution in [0.1, 0.15) is 45.0 Å². The molecule has 2 aliphatic rings. The molecule has 0 N–H and O–H groups in total. The molecule has 5 rings (SSSR count). The number of nitrogens with zero attached hydrogens (tertiary/aromatic N) is 2. The summed E-state index contributed by atoms with van der Waals surface area (Å²) in [5.41, 5.74) is 2.37. The van der Waals surface area contributed by atoms with Crippen LogP contribution in [0, 0.1) is 5.41 Å². The Hall–Kier alpha value is -2.49. The van der Waals surface area contributed by atoms with Gasteiger partial charge in [-0.3, -0.25) is 4.79 Å². The number of methoxy groups -OCH3 is 1. The summed E-state index contributed by atoms with van der Waals surface area (Å²) in [6.07, 6.45) is 1.69. The van der Waals surface area contributed by atoms with Crippen LogP contribution in [0.15, 0.2) is 36.4 Å². The predicted octanol–water partition coefficient (Wildman–Crippen LogP) is 4.29. The summed E-state index contributed by atoms with van der Waals surface area (Å²) in [7, 11) is 1.48. The molecule has 1 saturated carbocycles. The molecule has 3 aromatic rings. The third-order valence-corrected chi connectivity index (χ3v) is 7.44. The molecule has 2 aromatic carbocycles. The maximum Gasteiger partial charge on any atom is 0.318 e. The van der Waals surface area contributed by atoms with Crippen molar-refractivity contribution in [3.63, 3.8) is 0 Å². The Morgan fingerprint density at radius 2 is 1.54 bits per heavy atom. The number of carbonyl (C=O) groups is 1. The van der Waals surface area contributed by atoms with E-state index in [0.29, 0.717) is 0 Å². The van der Waals surface area contributed by atoms with Gasteiger partial charge in [0.25, 0.3) is 0 Å². The lowest BCUT2D eigenvalue weighted by Crippen LogP contribution is -2.46. The van der Waals surface area contributed by atoms with Crippen molar-refractivity contribution in [3.8, 4) is 0 Å². The van der Waals surface area contributed by atoms with E-state index in [1.165, 1.54) is 7.11 Å². The number of benzene rings is 2. The molecule has 0 saturated heterocycles. The summed E-state index contributed by atoms with van der Waals surface area (Å²) >= 11 is 0. The summed E-state index contributed by atoms with van der Waals surface area (Å²) in [4.78, 5) is 23.0. The van der Waals surface area contributed by atoms with Crippen LogP contribution in [0.25, 0.3) is 21.8 Å². The summed E-state index contributed by atoms with van der Waals surface area (Å²) < 4.78 is 5.27. The first-order valence-corrected chi connectivity index (χ1v) is 9.15. The van der Waals surface area contributed by atoms with E-state index in [0.717, 1.165) is 46.0 Å². The highest BCUT2D eigenvalue weighted by atomic mass is 16.5. The van der Waals surface area contributed by atoms with Crippen LogP contribution in [0.4, 0.5) is 0 Å². The van der Waals surface area contributed by atoms with Gasteiger partial charge in [0.05, 0.1) is 29.5 Å². The number of rotatable bonds is 1. The van der Waals surface area contributed by atoms with E-state index >= 15 is 0 Å². The van der Waals surface area contributed by atoms with Gasteiger partial charge in [-0.1, -0.05) is 45.0 Å². The Morgan fingerprint density at radius 3 is 2.12 bits per heavy atom. The molecular formula is C22H22N2O2. The number of hydrogen-bond donors (Lipinski definition) is 0. The van der Waals surface area contributed by atoms with Crippen LogP contribution in [0.3, 0.4) is 0 Å². The minimum absolute atomic E-state index is 0.177. The maximum absolute atomic E-state index is 13.0. The van der Waals surface area contributed by atoms with Crippen molar-refractivity contribution in [1.29, 1.82) is 0 Å². The zero-order valence-corrected chi connectivity index (χ0v) is 15.6. The molecule has 1 fully saturated rings. The first-order valence-electron chi connectivity index (χ1n) is 9.15. The Morgan fingerprint density at radius 1 is 0.962 bits per heavy atom. The second-order valence-electron chi connectivity index (χ2n) is 8.46. The number of carbonyl (C=O) groups excluding carboxylic acids is 1. The summed E-state index contributed by atoms with van der Waals surface area (Å²) in [6.45, 7) is 6.56. The van der Waals surface area contributed by atoms with E-state index in [1.54, 1.807) is 0 Å². The Bertz CT molecular complexity index is 1100. The molecule has 0 spiro atoms. The molecule has 2 bridgehead atoms. The fourth-order valence-electron chi connectivity index (χ4n) is 5.41. The van der Waals surface area contributed by atoms with Gasteiger partial charge in [-0.15, -0.1) is 0 Å². The Kier molecular flexibility index (Phi) is 2.79. The number of fused-ring (bicyclic) bond motifs is 7. The zero-order valence-electron chi connectivity index (χ0n) is 15.6. The summed E-state index contributed by atoms with van der Waals surface area (Å²) in [6, 6.07) is 12.4. The molecule has 0 amide bonds. The van der Waals surface area contributed by atoms with Gasteiger partial charge in [0.2, 0.25) is 0 Å². The largest absolute Gasteiger partial charge is 0.468 e. The van der Waals surface area contributed by atoms with Gasteiger partial charge in [-0.05, 0) is 41.2 Å². The van der Waals surface area contributed by atoms with Gasteiger partial charge in [0, 0.05) is 5.41 Å². The zero-order chi connectivity index (χ0) is 18.3. The maximum atomic E-state index is 13.0. The van der Waals surface area contributed by atoms with Gasteiger partial charge in [0.15, 0.2) is 0 Å². The molecular weight excluding hydrogens is 324 g/mol. The van der Waals surface area contributed by atoms with Crippen LogP contribution < -0.4 is 0 Å². The predicted molar refractivity (Wildman–Crippen MR) is 101 cm³/mol. The highest BCUT2D eigenvalue weighted by Crippen LogP contribution is 2.70. The molecule has 1 aromatic heterocycles. The van der Waals surface area contributed by atoms with Crippen molar-refractivity contribution < 1.29 is 9.53 Å². The average Bonchev–Trinajstić information content (AvgIpc) is 2.93. The second-order valence-corrected chi connectivity index (χ2v) is 8.46. The SMILES string of the molecule is COC(=O)[C@]12CC[C@](C)(c3nc4cc5ccccc5cc4nc31)C2(C)C. The molecule has 0 radical (unpaired) electrons. The van der Waals surface area contributed by atoms with Gasteiger partial charge in [-0.25, -0.2) is 9.97 Å². The van der Waals surface area contributed by atoms with Gasteiger partial charge in [-0.2, -0.15) is 0 Å². The molecule has 0 unspecified atom stereocenters. The monoisotopic (exact) mass is 346 g/mol. The average molecular weight is 346 g/mol. The Balaban J connectivity index is 1.89. The molecule has 4 nitrogen and oxygen atoms in total. The molecule has 2 atom stereocenters. The van der Waals surface area contributed by atoms with Crippen molar-refractivity contribution in [2.75, 3.05) is 7.11 Å². The fourth-order valence-corrected chi connectivity index (χ4v) is 5.41. The van der Waals surface area contributed by atoms with E-state index in [-0.39, 0.29) is 16.8 Å². The van der Waals surface area contributed by atoms with Crippen LogP contribution in [0.2, 0.25) is 0 Å². The topological polar surface area (TPSA) is 52.1 Å². The minimum Gasteiger partial charge on any atom is -0.468 e. The van der Waals surface area contributed by atoms with E-state index < -0.39 is 5.41 Å². The van der Waals surface area contributed by atoms with E-state index in [1.807, 2.05) is 12.1 Å². The molecule has 4 heteroatoms. The van der Waals surface area contributed by atoms with Crippen molar-refractivity contribution in [2.45, 2.75) is 44.4 Å². The van der Waals surface area contributed by atoms with Gasteiger partial charge < -0.3 is 4.74 Å². The highest BCUT2D eigenvalue weighted by molar-refractivity contribution is 5.96. The van der Waals surface area contributed by atoms with E-state index in [9.17, 15) is 4.79 Å². The third kappa shape index (κ3) is 1.51. The molecule has 26 heavy (non-hydrogen) atoms. The van der Waals surface area contributed by atoms with Crippen LogP contribution in [-0.4, -0.2) is 23.0 Å². The van der Waals surface area contributed by atoms with Crippen LogP contribution in [-0.2, 0) is 20.4 Å². The first-order chi connectivity index (χ1) is 12.3. The van der Waals surface area contributed by atoms with Crippen molar-refractivity contribution >= 4 is 27.8 Å². The van der Waals surface area contributed by atoms with Gasteiger partial charge in [0.1, 0.15) is 5.41 Å². The number of aromatic nitrogens is 2. The highest BCUT2D eigenvalue weighted by Gasteiger charge is 2.73. The normalized spacial score (nSPS) is 28.5. The van der Waals surface area contributed by atoms with Crippen molar-refractivity contribution in [2.24, 2.45) is 5.41 Å². The quantitative estimate of drug-likeness (QED) is 0.487. The van der Waals surface area contributed by atoms with E-state index in [4.69, 9.17) is 14.7 Å². The van der Waals surface area contributed by atoms with E-state index in [2.05, 4.69) is 45.0 Å². The summed E-state index contributed by atoms with van der Waals surface area (Å²) in [5.74, 6) is -0.181. The van der Waals surface area contributed by atoms with Crippen molar-refractivity contribution in [3.05, 3.63) is 47.8 Å². The fraction of sp³-hybridized carbons (Fsp3) is 0.409. The molecule has 132 valence electrons. The second kappa shape index (κ2) is 4.61. The lowest BCUT2D eigenvalue weighted by Gasteiger charge is -2.38. The summed E-state index contributed by atoms with van der Waals surface area (Å²) in [5, 5.41) is 2.29. The minimum atomic E-state index is -0.710. The molecule has 2 aliphatic carbocycles. The van der Waals surface area contributed by atoms with Crippen LogP contribution >= 0.6 is 0 Å². The smallest absolute Gasteiger partial charge is 0.318 e. The van der Waals surface area contributed by atoms with Crippen molar-refractivity contribution in [1.82, 2.24) is 9.97 Å². The number of esters is 1. The molecule has 1 heterocycles. The van der Waals surface area contributed by atoms with Crippen LogP contribution in [0.5, 0.6) is 0 Å². The molecule has 0 aliphatic heterocycles. The Labute approximate surface area is 152 Å².